The predicted octanol–water partition coefficient (Wildman–Crippen LogP) is 2.53. The summed E-state index contributed by atoms with van der Waals surface area (Å²) in [6.45, 7) is 1.52. The molecule has 0 aliphatic heterocycles. The fraction of sp³-hybridized carbons (Fsp3) is 0.500. The molecule has 0 saturated carbocycles. The summed E-state index contributed by atoms with van der Waals surface area (Å²) in [5.74, 6) is 1.19. The molecule has 0 bridgehead atoms. The van der Waals surface area contributed by atoms with Gasteiger partial charge in [-0.2, -0.15) is 0 Å². The second-order valence-corrected chi connectivity index (χ2v) is 4.46. The van der Waals surface area contributed by atoms with Crippen molar-refractivity contribution in [1.29, 1.82) is 5.41 Å². The van der Waals surface area contributed by atoms with E-state index in [4.69, 9.17) is 14.9 Å². The highest BCUT2D eigenvalue weighted by atomic mass is 16.5. The number of rotatable bonds is 7. The van der Waals surface area contributed by atoms with E-state index in [0.717, 1.165) is 18.7 Å². The molecule has 0 fully saturated rings. The highest BCUT2D eigenvalue weighted by molar-refractivity contribution is 5.72. The molecule has 0 spiro atoms. The Labute approximate surface area is 109 Å². The minimum atomic E-state index is 0.306. The maximum atomic E-state index is 7.35. The number of hydrogen-bond donors (Lipinski definition) is 1. The van der Waals surface area contributed by atoms with Gasteiger partial charge >= 0.3 is 0 Å². The molecule has 0 aliphatic rings. The highest BCUT2D eigenvalue weighted by Crippen LogP contribution is 2.14. The molecule has 0 heterocycles. The van der Waals surface area contributed by atoms with Crippen molar-refractivity contribution < 1.29 is 9.47 Å². The van der Waals surface area contributed by atoms with E-state index >= 15 is 0 Å². The summed E-state index contributed by atoms with van der Waals surface area (Å²) >= 11 is 0. The first-order valence-electron chi connectivity index (χ1n) is 6.09. The third-order valence-corrected chi connectivity index (χ3v) is 2.46. The number of ether oxygens (including phenoxy) is 2. The Morgan fingerprint density at radius 1 is 1.33 bits per heavy atom. The van der Waals surface area contributed by atoms with Crippen LogP contribution in [-0.2, 0) is 11.3 Å². The van der Waals surface area contributed by atoms with Crippen molar-refractivity contribution in [3.8, 4) is 5.75 Å². The number of hydrogen-bond acceptors (Lipinski definition) is 4. The second-order valence-electron chi connectivity index (χ2n) is 4.46. The normalized spacial score (nSPS) is 10.4. The average molecular weight is 250 g/mol. The van der Waals surface area contributed by atoms with Crippen LogP contribution >= 0.6 is 0 Å². The van der Waals surface area contributed by atoms with Crippen molar-refractivity contribution in [1.82, 2.24) is 4.90 Å². The lowest BCUT2D eigenvalue weighted by atomic mass is 10.2. The first-order valence-corrected chi connectivity index (χ1v) is 6.09. The number of nitrogens with zero attached hydrogens (tertiary/aromatic N) is 1. The van der Waals surface area contributed by atoms with Gasteiger partial charge in [-0.1, -0.05) is 12.1 Å². The van der Waals surface area contributed by atoms with Crippen molar-refractivity contribution >= 4 is 5.90 Å². The molecule has 0 radical (unpaired) electrons. The van der Waals surface area contributed by atoms with Crippen molar-refractivity contribution in [2.75, 3.05) is 27.8 Å². The Morgan fingerprint density at radius 3 is 2.78 bits per heavy atom. The number of methoxy groups -OCH3 is 1. The molecule has 100 valence electrons. The second kappa shape index (κ2) is 7.71. The van der Waals surface area contributed by atoms with Crippen LogP contribution in [0.2, 0.25) is 0 Å². The van der Waals surface area contributed by atoms with E-state index in [9.17, 15) is 0 Å². The molecule has 0 atom stereocenters. The van der Waals surface area contributed by atoms with Gasteiger partial charge in [0.25, 0.3) is 0 Å². The van der Waals surface area contributed by atoms with Crippen LogP contribution in [-0.4, -0.2) is 38.6 Å². The van der Waals surface area contributed by atoms with Crippen LogP contribution in [0.1, 0.15) is 18.4 Å². The molecule has 4 heteroatoms. The van der Waals surface area contributed by atoms with Crippen LogP contribution in [0.25, 0.3) is 0 Å². The van der Waals surface area contributed by atoms with E-state index < -0.39 is 0 Å². The summed E-state index contributed by atoms with van der Waals surface area (Å²) in [6.07, 6.45) is 1.42. The topological polar surface area (TPSA) is 45.6 Å². The quantitative estimate of drug-likeness (QED) is 0.459. The van der Waals surface area contributed by atoms with Crippen molar-refractivity contribution in [2.24, 2.45) is 0 Å². The molecular formula is C14H22N2O2. The number of benzene rings is 1. The Balaban J connectivity index is 2.35. The molecule has 1 aromatic carbocycles. The fourth-order valence-electron chi connectivity index (χ4n) is 1.62. The van der Waals surface area contributed by atoms with E-state index in [-0.39, 0.29) is 0 Å². The van der Waals surface area contributed by atoms with Crippen LogP contribution in [0, 0.1) is 5.41 Å². The third-order valence-electron chi connectivity index (χ3n) is 2.46. The van der Waals surface area contributed by atoms with Gasteiger partial charge in [0.15, 0.2) is 5.90 Å². The van der Waals surface area contributed by atoms with E-state index in [1.54, 1.807) is 0 Å². The van der Waals surface area contributed by atoms with Gasteiger partial charge in [0.1, 0.15) is 5.75 Å². The molecule has 18 heavy (non-hydrogen) atoms. The van der Waals surface area contributed by atoms with Gasteiger partial charge in [-0.3, -0.25) is 5.41 Å². The van der Waals surface area contributed by atoms with E-state index in [1.807, 2.05) is 26.2 Å². The smallest absolute Gasteiger partial charge is 0.180 e. The average Bonchev–Trinajstić information content (AvgIpc) is 2.34. The van der Waals surface area contributed by atoms with Crippen molar-refractivity contribution in [3.05, 3.63) is 29.8 Å². The van der Waals surface area contributed by atoms with Crippen molar-refractivity contribution in [3.63, 3.8) is 0 Å². The lowest BCUT2D eigenvalue weighted by Gasteiger charge is -2.11. The van der Waals surface area contributed by atoms with Gasteiger partial charge in [-0.05, 0) is 38.2 Å². The van der Waals surface area contributed by atoms with E-state index in [2.05, 4.69) is 17.0 Å². The van der Waals surface area contributed by atoms with E-state index in [1.165, 1.54) is 12.7 Å². The van der Waals surface area contributed by atoms with Crippen LogP contribution < -0.4 is 4.74 Å². The van der Waals surface area contributed by atoms with Gasteiger partial charge in [0.2, 0.25) is 0 Å². The SMILES string of the molecule is COC(=N)CCCOc1cccc(CN(C)C)c1. The van der Waals surface area contributed by atoms with Crippen LogP contribution in [0.3, 0.4) is 0 Å². The Hall–Kier alpha value is -1.55. The zero-order chi connectivity index (χ0) is 13.4. The Morgan fingerprint density at radius 2 is 2.11 bits per heavy atom. The Kier molecular flexibility index (Phi) is 6.22. The molecule has 4 nitrogen and oxygen atoms in total. The summed E-state index contributed by atoms with van der Waals surface area (Å²) in [7, 11) is 5.61. The standard InChI is InChI=1S/C14H22N2O2/c1-16(2)11-12-6-4-7-13(10-12)18-9-5-8-14(15)17-3/h4,6-7,10,15H,5,8-9,11H2,1-3H3. The molecular weight excluding hydrogens is 228 g/mol. The first-order chi connectivity index (χ1) is 8.61. The molecule has 0 unspecified atom stereocenters. The maximum absolute atomic E-state index is 7.35. The minimum absolute atomic E-state index is 0.306. The van der Waals surface area contributed by atoms with Gasteiger partial charge in [0, 0.05) is 13.0 Å². The van der Waals surface area contributed by atoms with Crippen LogP contribution in [0.5, 0.6) is 5.75 Å². The molecule has 1 aromatic rings. The zero-order valence-corrected chi connectivity index (χ0v) is 11.4. The zero-order valence-electron chi connectivity index (χ0n) is 11.4. The molecule has 0 aromatic heterocycles. The number of nitrogens with one attached hydrogen (secondary N) is 1. The van der Waals surface area contributed by atoms with Gasteiger partial charge in [0.05, 0.1) is 13.7 Å². The fourth-order valence-corrected chi connectivity index (χ4v) is 1.62. The predicted molar refractivity (Wildman–Crippen MR) is 73.3 cm³/mol. The lowest BCUT2D eigenvalue weighted by molar-refractivity contribution is 0.304. The monoisotopic (exact) mass is 250 g/mol. The maximum Gasteiger partial charge on any atom is 0.180 e. The van der Waals surface area contributed by atoms with Gasteiger partial charge < -0.3 is 14.4 Å². The molecule has 1 N–H and O–H groups in total. The highest BCUT2D eigenvalue weighted by Gasteiger charge is 2.00. The minimum Gasteiger partial charge on any atom is -0.494 e. The summed E-state index contributed by atoms with van der Waals surface area (Å²) in [4.78, 5) is 2.12. The molecule has 0 aliphatic carbocycles. The van der Waals surface area contributed by atoms with Gasteiger partial charge in [-0.25, -0.2) is 0 Å². The van der Waals surface area contributed by atoms with Crippen LogP contribution in [0.4, 0.5) is 0 Å². The van der Waals surface area contributed by atoms with Crippen LogP contribution in [0.15, 0.2) is 24.3 Å². The largest absolute Gasteiger partial charge is 0.494 e. The lowest BCUT2D eigenvalue weighted by Crippen LogP contribution is -2.10. The summed E-state index contributed by atoms with van der Waals surface area (Å²) < 4.78 is 10.4. The molecule has 1 rings (SSSR count). The molecule has 0 saturated heterocycles. The van der Waals surface area contributed by atoms with Crippen molar-refractivity contribution in [2.45, 2.75) is 19.4 Å². The summed E-state index contributed by atoms with van der Waals surface area (Å²) in [5.41, 5.74) is 1.24. The third kappa shape index (κ3) is 5.68. The van der Waals surface area contributed by atoms with E-state index in [0.29, 0.717) is 18.9 Å². The first kappa shape index (κ1) is 14.5. The summed E-state index contributed by atoms with van der Waals surface area (Å²) in [5, 5.41) is 7.35. The Bertz CT molecular complexity index is 378. The molecule has 0 amide bonds. The summed E-state index contributed by atoms with van der Waals surface area (Å²) in [6, 6.07) is 8.11. The van der Waals surface area contributed by atoms with Gasteiger partial charge in [-0.15, -0.1) is 0 Å².